The zero-order valence-corrected chi connectivity index (χ0v) is 13.2. The lowest BCUT2D eigenvalue weighted by molar-refractivity contribution is 0.157. The molecule has 0 saturated heterocycles. The van der Waals surface area contributed by atoms with E-state index in [2.05, 4.69) is 5.32 Å². The highest BCUT2D eigenvalue weighted by Crippen LogP contribution is 2.25. The normalized spacial score (nSPS) is 24.2. The van der Waals surface area contributed by atoms with Crippen LogP contribution in [0.25, 0.3) is 0 Å². The van der Waals surface area contributed by atoms with Crippen LogP contribution in [0.4, 0.5) is 8.78 Å². The zero-order valence-electron chi connectivity index (χ0n) is 12.4. The average molecular weight is 333 g/mol. The summed E-state index contributed by atoms with van der Waals surface area (Å²) in [7, 11) is -3.20. The first kappa shape index (κ1) is 17.3. The number of rotatable bonds is 5. The number of hydrogen-bond donors (Lipinski definition) is 2. The first-order valence-corrected chi connectivity index (χ1v) is 9.30. The number of halogens is 2. The van der Waals surface area contributed by atoms with E-state index in [1.54, 1.807) is 0 Å². The molecule has 3 atom stereocenters. The number of nitrogens with one attached hydrogen (secondary N) is 1. The fraction of sp³-hybridized carbons (Fsp3) is 0.600. The van der Waals surface area contributed by atoms with Gasteiger partial charge in [-0.1, -0.05) is 18.9 Å². The van der Waals surface area contributed by atoms with Crippen molar-refractivity contribution in [1.29, 1.82) is 0 Å². The van der Waals surface area contributed by atoms with Crippen LogP contribution in [0.1, 0.15) is 37.4 Å². The van der Waals surface area contributed by atoms with Crippen LogP contribution >= 0.6 is 0 Å². The summed E-state index contributed by atoms with van der Waals surface area (Å²) in [5, 5.41) is 12.5. The van der Waals surface area contributed by atoms with Crippen molar-refractivity contribution in [3.05, 3.63) is 35.4 Å². The molecule has 1 saturated carbocycles. The Morgan fingerprint density at radius 1 is 1.27 bits per heavy atom. The van der Waals surface area contributed by atoms with E-state index in [1.807, 2.05) is 0 Å². The van der Waals surface area contributed by atoms with Crippen molar-refractivity contribution in [2.75, 3.05) is 12.8 Å². The van der Waals surface area contributed by atoms with Crippen molar-refractivity contribution >= 4 is 9.84 Å². The predicted octanol–water partition coefficient (Wildman–Crippen LogP) is 1.94. The van der Waals surface area contributed by atoms with Crippen molar-refractivity contribution in [3.8, 4) is 0 Å². The van der Waals surface area contributed by atoms with Crippen LogP contribution in [0.3, 0.4) is 0 Å². The van der Waals surface area contributed by atoms with Gasteiger partial charge in [-0.05, 0) is 25.0 Å². The number of aliphatic hydroxyl groups excluding tert-OH is 1. The SMILES string of the molecule is CS(=O)(=O)C1CCCCC1NCC(O)c1c(F)cccc1F. The fourth-order valence-corrected chi connectivity index (χ4v) is 4.46. The molecule has 0 aliphatic heterocycles. The van der Waals surface area contributed by atoms with Gasteiger partial charge in [0.1, 0.15) is 11.6 Å². The Balaban J connectivity index is 2.05. The quantitative estimate of drug-likeness (QED) is 0.864. The molecule has 7 heteroatoms. The van der Waals surface area contributed by atoms with Gasteiger partial charge in [-0.25, -0.2) is 17.2 Å². The molecular formula is C15H21F2NO3S. The highest BCUT2D eigenvalue weighted by Gasteiger charge is 2.33. The van der Waals surface area contributed by atoms with Crippen LogP contribution in [0.15, 0.2) is 18.2 Å². The van der Waals surface area contributed by atoms with Crippen LogP contribution < -0.4 is 5.32 Å². The summed E-state index contributed by atoms with van der Waals surface area (Å²) in [5.41, 5.74) is -0.387. The molecule has 22 heavy (non-hydrogen) atoms. The van der Waals surface area contributed by atoms with Gasteiger partial charge in [0.25, 0.3) is 0 Å². The molecule has 1 aromatic rings. The summed E-state index contributed by atoms with van der Waals surface area (Å²) < 4.78 is 50.8. The van der Waals surface area contributed by atoms with Gasteiger partial charge in [0.05, 0.1) is 16.9 Å². The van der Waals surface area contributed by atoms with Crippen molar-refractivity contribution < 1.29 is 22.3 Å². The van der Waals surface area contributed by atoms with Gasteiger partial charge in [0.15, 0.2) is 9.84 Å². The third-order valence-corrected chi connectivity index (χ3v) is 5.82. The molecule has 0 radical (unpaired) electrons. The maximum Gasteiger partial charge on any atom is 0.151 e. The summed E-state index contributed by atoms with van der Waals surface area (Å²) in [6, 6.07) is 3.10. The van der Waals surface area contributed by atoms with Gasteiger partial charge in [0.2, 0.25) is 0 Å². The summed E-state index contributed by atoms with van der Waals surface area (Å²) >= 11 is 0. The Hall–Kier alpha value is -1.05. The van der Waals surface area contributed by atoms with E-state index in [0.29, 0.717) is 12.8 Å². The Morgan fingerprint density at radius 3 is 2.45 bits per heavy atom. The van der Waals surface area contributed by atoms with E-state index < -0.39 is 32.8 Å². The van der Waals surface area contributed by atoms with Crippen LogP contribution in [0, 0.1) is 11.6 Å². The second-order valence-electron chi connectivity index (χ2n) is 5.82. The molecule has 1 aliphatic carbocycles. The highest BCUT2D eigenvalue weighted by atomic mass is 32.2. The highest BCUT2D eigenvalue weighted by molar-refractivity contribution is 7.91. The Morgan fingerprint density at radius 2 is 1.86 bits per heavy atom. The molecule has 1 aliphatic rings. The topological polar surface area (TPSA) is 66.4 Å². The van der Waals surface area contributed by atoms with Crippen molar-refractivity contribution in [1.82, 2.24) is 5.32 Å². The van der Waals surface area contributed by atoms with Gasteiger partial charge >= 0.3 is 0 Å². The summed E-state index contributed by atoms with van der Waals surface area (Å²) in [6.07, 6.45) is 2.83. The first-order chi connectivity index (χ1) is 10.3. The van der Waals surface area contributed by atoms with Crippen LogP contribution in [-0.4, -0.2) is 37.6 Å². The number of benzene rings is 1. The minimum Gasteiger partial charge on any atom is -0.387 e. The number of aliphatic hydroxyl groups is 1. The maximum absolute atomic E-state index is 13.6. The second kappa shape index (κ2) is 7.02. The maximum atomic E-state index is 13.6. The number of sulfone groups is 1. The molecular weight excluding hydrogens is 312 g/mol. The number of hydrogen-bond acceptors (Lipinski definition) is 4. The molecule has 0 bridgehead atoms. The van der Waals surface area contributed by atoms with Gasteiger partial charge in [-0.15, -0.1) is 0 Å². The van der Waals surface area contributed by atoms with Gasteiger partial charge in [-0.2, -0.15) is 0 Å². The molecule has 4 nitrogen and oxygen atoms in total. The molecule has 2 N–H and O–H groups in total. The minimum absolute atomic E-state index is 0.0887. The second-order valence-corrected chi connectivity index (χ2v) is 8.08. The van der Waals surface area contributed by atoms with E-state index in [4.69, 9.17) is 0 Å². The largest absolute Gasteiger partial charge is 0.387 e. The van der Waals surface area contributed by atoms with Crippen LogP contribution in [0.2, 0.25) is 0 Å². The molecule has 0 amide bonds. The predicted molar refractivity (Wildman–Crippen MR) is 80.2 cm³/mol. The van der Waals surface area contributed by atoms with Gasteiger partial charge in [-0.3, -0.25) is 0 Å². The van der Waals surface area contributed by atoms with Crippen molar-refractivity contribution in [2.24, 2.45) is 0 Å². The zero-order chi connectivity index (χ0) is 16.3. The first-order valence-electron chi connectivity index (χ1n) is 7.35. The monoisotopic (exact) mass is 333 g/mol. The van der Waals surface area contributed by atoms with Crippen LogP contribution in [-0.2, 0) is 9.84 Å². The van der Waals surface area contributed by atoms with E-state index in [9.17, 15) is 22.3 Å². The Kier molecular flexibility index (Phi) is 5.52. The lowest BCUT2D eigenvalue weighted by Crippen LogP contribution is -2.47. The Labute approximate surface area is 129 Å². The van der Waals surface area contributed by atoms with Gasteiger partial charge in [0, 0.05) is 18.8 Å². The summed E-state index contributed by atoms with van der Waals surface area (Å²) in [5.74, 6) is -1.62. The van der Waals surface area contributed by atoms with E-state index in [-0.39, 0.29) is 18.2 Å². The fourth-order valence-electron chi connectivity index (χ4n) is 3.04. The van der Waals surface area contributed by atoms with Crippen molar-refractivity contribution in [3.63, 3.8) is 0 Å². The third kappa shape index (κ3) is 4.02. The molecule has 124 valence electrons. The summed E-state index contributed by atoms with van der Waals surface area (Å²) in [6.45, 7) is -0.0887. The molecule has 2 rings (SSSR count). The Bertz CT molecular complexity index is 601. The standard InChI is InChI=1S/C15H21F2NO3S/c1-22(20,21)14-8-3-2-7-12(14)18-9-13(19)15-10(16)5-4-6-11(15)17/h4-6,12-14,18-19H,2-3,7-9H2,1H3. The van der Waals surface area contributed by atoms with E-state index in [0.717, 1.165) is 25.0 Å². The average Bonchev–Trinajstić information content (AvgIpc) is 2.44. The third-order valence-electron chi connectivity index (χ3n) is 4.16. The van der Waals surface area contributed by atoms with Crippen molar-refractivity contribution in [2.45, 2.75) is 43.1 Å². The summed E-state index contributed by atoms with van der Waals surface area (Å²) in [4.78, 5) is 0. The lowest BCUT2D eigenvalue weighted by Gasteiger charge is -2.31. The van der Waals surface area contributed by atoms with E-state index >= 15 is 0 Å². The molecule has 0 spiro atoms. The van der Waals surface area contributed by atoms with E-state index in [1.165, 1.54) is 12.3 Å². The molecule has 0 aromatic heterocycles. The molecule has 1 aromatic carbocycles. The minimum atomic E-state index is -3.20. The molecule has 0 heterocycles. The molecule has 1 fully saturated rings. The lowest BCUT2D eigenvalue weighted by atomic mass is 9.94. The van der Waals surface area contributed by atoms with Gasteiger partial charge < -0.3 is 10.4 Å². The molecule has 3 unspecified atom stereocenters. The smallest absolute Gasteiger partial charge is 0.151 e. The van der Waals surface area contributed by atoms with Crippen LogP contribution in [0.5, 0.6) is 0 Å².